The van der Waals surface area contributed by atoms with Crippen molar-refractivity contribution in [1.29, 1.82) is 0 Å². The van der Waals surface area contributed by atoms with Crippen LogP contribution >= 0.6 is 0 Å². The van der Waals surface area contributed by atoms with Gasteiger partial charge in [0.25, 0.3) is 0 Å². The number of carboxylic acids is 1. The first kappa shape index (κ1) is 16.7. The normalized spacial score (nSPS) is 12.0. The molecule has 6 heteroatoms. The Bertz CT molecular complexity index is 315. The Kier molecular flexibility index (Phi) is 8.95. The first-order valence-corrected chi connectivity index (χ1v) is 4.19. The maximum absolute atomic E-state index is 11.8. The molecule has 0 bridgehead atoms. The number of carbonyl (C=O) groups is 2. The summed E-state index contributed by atoms with van der Waals surface area (Å²) in [5.41, 5.74) is -0.252. The minimum Gasteiger partial charge on any atom is -0.478 e. The molecule has 1 N–H and O–H groups in total. The molecular formula is C10H14F2O4. The third kappa shape index (κ3) is 7.66. The van der Waals surface area contributed by atoms with Gasteiger partial charge in [0.1, 0.15) is 5.83 Å². The predicted molar refractivity (Wildman–Crippen MR) is 54.0 cm³/mol. The number of methoxy groups -OCH3 is 1. The number of rotatable bonds is 2. The maximum atomic E-state index is 11.8. The van der Waals surface area contributed by atoms with E-state index in [4.69, 9.17) is 5.11 Å². The van der Waals surface area contributed by atoms with Crippen molar-refractivity contribution >= 4 is 11.9 Å². The number of allylic oxidation sites excluding steroid dienone is 1. The highest BCUT2D eigenvalue weighted by atomic mass is 19.1. The molecule has 0 aromatic heterocycles. The van der Waals surface area contributed by atoms with E-state index >= 15 is 0 Å². The molecule has 0 spiro atoms. The molecule has 0 heterocycles. The summed E-state index contributed by atoms with van der Waals surface area (Å²) in [7, 11) is 1.20. The van der Waals surface area contributed by atoms with Gasteiger partial charge < -0.3 is 9.84 Å². The molecule has 0 rings (SSSR count). The lowest BCUT2D eigenvalue weighted by atomic mass is 10.3. The van der Waals surface area contributed by atoms with Crippen molar-refractivity contribution in [3.05, 3.63) is 23.3 Å². The molecule has 0 amide bonds. The number of ether oxygens (including phenoxy) is 1. The molecule has 0 radical (unpaired) electrons. The number of carboxylic acid groups (broad SMARTS) is 1. The zero-order valence-corrected chi connectivity index (χ0v) is 9.51. The summed E-state index contributed by atoms with van der Waals surface area (Å²) in [5.74, 6) is -2.48. The Morgan fingerprint density at radius 1 is 1.25 bits per heavy atom. The highest BCUT2D eigenvalue weighted by Gasteiger charge is 2.02. The standard InChI is InChI=1S/2C5H7FO2/c1-4(3-6)5(7)8-2;1-3(4(2)6)5(7)8/h3H,1-2H3;1-2H3,(H,7,8). The van der Waals surface area contributed by atoms with Gasteiger partial charge in [-0.2, -0.15) is 0 Å². The molecule has 0 fully saturated rings. The van der Waals surface area contributed by atoms with Crippen molar-refractivity contribution in [3.8, 4) is 0 Å². The smallest absolute Gasteiger partial charge is 0.335 e. The van der Waals surface area contributed by atoms with Gasteiger partial charge in [0.05, 0.1) is 24.6 Å². The fourth-order valence-corrected chi connectivity index (χ4v) is 0.353. The Hall–Kier alpha value is -1.72. The lowest BCUT2D eigenvalue weighted by molar-refractivity contribution is -0.136. The Labute approximate surface area is 92.2 Å². The van der Waals surface area contributed by atoms with Gasteiger partial charge in [-0.3, -0.25) is 0 Å². The van der Waals surface area contributed by atoms with Crippen molar-refractivity contribution in [2.24, 2.45) is 0 Å². The summed E-state index contributed by atoms with van der Waals surface area (Å²) in [5, 5.41) is 8.05. The number of hydrogen-bond donors (Lipinski definition) is 1. The van der Waals surface area contributed by atoms with Gasteiger partial charge in [-0.05, 0) is 20.8 Å². The summed E-state index contributed by atoms with van der Waals surface area (Å²) >= 11 is 0. The van der Waals surface area contributed by atoms with Crippen LogP contribution in [-0.2, 0) is 14.3 Å². The van der Waals surface area contributed by atoms with Crippen LogP contribution in [0.25, 0.3) is 0 Å². The van der Waals surface area contributed by atoms with Gasteiger partial charge in [-0.15, -0.1) is 0 Å². The van der Waals surface area contributed by atoms with Crippen molar-refractivity contribution in [3.63, 3.8) is 0 Å². The molecule has 4 nitrogen and oxygen atoms in total. The lowest BCUT2D eigenvalue weighted by Gasteiger charge is -1.92. The molecule has 0 aromatic rings. The Morgan fingerprint density at radius 2 is 1.69 bits per heavy atom. The molecule has 0 aliphatic rings. The summed E-state index contributed by atoms with van der Waals surface area (Å²) in [4.78, 5) is 20.1. The average Bonchev–Trinajstić information content (AvgIpc) is 2.26. The Morgan fingerprint density at radius 3 is 1.75 bits per heavy atom. The minimum atomic E-state index is -1.20. The van der Waals surface area contributed by atoms with Crippen molar-refractivity contribution in [2.45, 2.75) is 20.8 Å². The zero-order valence-electron chi connectivity index (χ0n) is 9.51. The van der Waals surface area contributed by atoms with Gasteiger partial charge >= 0.3 is 11.9 Å². The highest BCUT2D eigenvalue weighted by molar-refractivity contribution is 5.87. The second-order valence-electron chi connectivity index (χ2n) is 2.75. The van der Waals surface area contributed by atoms with Crippen molar-refractivity contribution in [1.82, 2.24) is 0 Å². The molecule has 0 aromatic carbocycles. The van der Waals surface area contributed by atoms with Crippen LogP contribution in [0.5, 0.6) is 0 Å². The summed E-state index contributed by atoms with van der Waals surface area (Å²) < 4.78 is 27.4. The second-order valence-corrected chi connectivity index (χ2v) is 2.75. The van der Waals surface area contributed by atoms with Crippen LogP contribution in [0.15, 0.2) is 23.3 Å². The van der Waals surface area contributed by atoms with Crippen LogP contribution in [0.3, 0.4) is 0 Å². The van der Waals surface area contributed by atoms with E-state index in [2.05, 4.69) is 4.74 Å². The quantitative estimate of drug-likeness (QED) is 0.590. The van der Waals surface area contributed by atoms with E-state index in [1.807, 2.05) is 0 Å². The van der Waals surface area contributed by atoms with Crippen LogP contribution < -0.4 is 0 Å². The maximum Gasteiger partial charge on any atom is 0.335 e. The molecule has 0 saturated carbocycles. The van der Waals surface area contributed by atoms with Crippen LogP contribution in [0.4, 0.5) is 8.78 Å². The fourth-order valence-electron chi connectivity index (χ4n) is 0.353. The van der Waals surface area contributed by atoms with Crippen LogP contribution in [0.2, 0.25) is 0 Å². The van der Waals surface area contributed by atoms with Crippen LogP contribution in [0.1, 0.15) is 20.8 Å². The third-order valence-corrected chi connectivity index (χ3v) is 1.51. The predicted octanol–water partition coefficient (Wildman–Crippen LogP) is 2.37. The first-order chi connectivity index (χ1) is 7.27. The van der Waals surface area contributed by atoms with E-state index in [1.54, 1.807) is 0 Å². The van der Waals surface area contributed by atoms with Gasteiger partial charge in [0.15, 0.2) is 0 Å². The van der Waals surface area contributed by atoms with Crippen molar-refractivity contribution < 1.29 is 28.2 Å². The average molecular weight is 236 g/mol. The molecule has 16 heavy (non-hydrogen) atoms. The van der Waals surface area contributed by atoms with E-state index in [0.29, 0.717) is 0 Å². The molecule has 0 aliphatic carbocycles. The topological polar surface area (TPSA) is 63.6 Å². The van der Waals surface area contributed by atoms with Crippen LogP contribution in [0, 0.1) is 0 Å². The fraction of sp³-hybridized carbons (Fsp3) is 0.400. The summed E-state index contributed by atoms with van der Waals surface area (Å²) in [6.45, 7) is 3.67. The lowest BCUT2D eigenvalue weighted by Crippen LogP contribution is -1.99. The second kappa shape index (κ2) is 8.58. The summed E-state index contributed by atoms with van der Waals surface area (Å²) in [6.07, 6.45) is 0.214. The van der Waals surface area contributed by atoms with Gasteiger partial charge in [0.2, 0.25) is 0 Å². The number of esters is 1. The Balaban J connectivity index is 0. The first-order valence-electron chi connectivity index (χ1n) is 4.19. The monoisotopic (exact) mass is 236 g/mol. The van der Waals surface area contributed by atoms with E-state index in [0.717, 1.165) is 6.92 Å². The number of aliphatic carboxylic acids is 1. The summed E-state index contributed by atoms with van der Waals surface area (Å²) in [6, 6.07) is 0. The molecular weight excluding hydrogens is 222 g/mol. The van der Waals surface area contributed by atoms with E-state index in [9.17, 15) is 18.4 Å². The molecule has 0 unspecified atom stereocenters. The number of halogens is 2. The van der Waals surface area contributed by atoms with E-state index < -0.39 is 17.8 Å². The SMILES string of the molecule is CC(F)=C(C)C(=O)O.COC(=O)C(C)=CF. The van der Waals surface area contributed by atoms with Crippen LogP contribution in [-0.4, -0.2) is 24.2 Å². The largest absolute Gasteiger partial charge is 0.478 e. The van der Waals surface area contributed by atoms with Gasteiger partial charge in [0, 0.05) is 0 Å². The van der Waals surface area contributed by atoms with E-state index in [1.165, 1.54) is 21.0 Å². The third-order valence-electron chi connectivity index (χ3n) is 1.51. The molecule has 92 valence electrons. The molecule has 0 saturated heterocycles. The van der Waals surface area contributed by atoms with E-state index in [-0.39, 0.29) is 17.5 Å². The number of carbonyl (C=O) groups excluding carboxylic acids is 1. The molecule has 0 atom stereocenters. The zero-order chi connectivity index (χ0) is 13.3. The van der Waals surface area contributed by atoms with Crippen molar-refractivity contribution in [2.75, 3.05) is 7.11 Å². The molecule has 0 aliphatic heterocycles. The van der Waals surface area contributed by atoms with Gasteiger partial charge in [-0.25, -0.2) is 18.4 Å². The highest BCUT2D eigenvalue weighted by Crippen LogP contribution is 2.02. The van der Waals surface area contributed by atoms with Gasteiger partial charge in [-0.1, -0.05) is 0 Å². The minimum absolute atomic E-state index is 0.0208. The number of hydrogen-bond acceptors (Lipinski definition) is 3.